The zero-order valence-electron chi connectivity index (χ0n) is 16.9. The Balaban J connectivity index is 1.42. The quantitative estimate of drug-likeness (QED) is 0.600. The molecule has 1 aromatic carbocycles. The Morgan fingerprint density at radius 3 is 2.70 bits per heavy atom. The average molecular weight is 415 g/mol. The largest absolute Gasteiger partial charge is 0.488 e. The highest BCUT2D eigenvalue weighted by molar-refractivity contribution is 5.83. The molecule has 2 fully saturated rings. The fourth-order valence-electron chi connectivity index (χ4n) is 3.72. The Hall–Kier alpha value is -2.78. The van der Waals surface area contributed by atoms with Gasteiger partial charge in [0.25, 0.3) is 5.56 Å². The van der Waals surface area contributed by atoms with E-state index in [1.807, 2.05) is 6.92 Å². The highest BCUT2D eigenvalue weighted by atomic mass is 19.1. The first kappa shape index (κ1) is 20.5. The topological polar surface area (TPSA) is 103 Å². The molecule has 2 aromatic rings. The molecule has 1 aromatic heterocycles. The molecule has 9 heteroatoms. The summed E-state index contributed by atoms with van der Waals surface area (Å²) in [7, 11) is 0. The number of H-pyrrole nitrogens is 1. The highest BCUT2D eigenvalue weighted by Crippen LogP contribution is 2.27. The van der Waals surface area contributed by atoms with E-state index in [2.05, 4.69) is 20.2 Å². The number of nitrogens with zero attached hydrogens (tertiary/aromatic N) is 2. The fourth-order valence-corrected chi connectivity index (χ4v) is 3.72. The lowest BCUT2D eigenvalue weighted by Crippen LogP contribution is -2.54. The number of halogens is 1. The van der Waals surface area contributed by atoms with E-state index in [1.165, 1.54) is 12.1 Å². The van der Waals surface area contributed by atoms with Gasteiger partial charge in [-0.3, -0.25) is 9.69 Å². The lowest BCUT2D eigenvalue weighted by atomic mass is 10.1. The molecule has 2 saturated heterocycles. The molecular weight excluding hydrogens is 389 g/mol. The second-order valence-electron chi connectivity index (χ2n) is 7.71. The molecule has 2 aliphatic heterocycles. The zero-order valence-corrected chi connectivity index (χ0v) is 16.9. The number of nitrogens with one attached hydrogen (secondary N) is 3. The number of aromatic nitrogens is 2. The van der Waals surface area contributed by atoms with E-state index in [1.54, 1.807) is 12.1 Å². The molecule has 3 heterocycles. The monoisotopic (exact) mass is 415 g/mol. The summed E-state index contributed by atoms with van der Waals surface area (Å²) >= 11 is 0. The molecule has 8 nitrogen and oxygen atoms in total. The predicted octanol–water partition coefficient (Wildman–Crippen LogP) is 2.32. The van der Waals surface area contributed by atoms with Crippen LogP contribution in [0.5, 0.6) is 5.75 Å². The molecule has 0 radical (unpaired) electrons. The Bertz CT molecular complexity index is 937. The molecule has 0 saturated carbocycles. The van der Waals surface area contributed by atoms with Gasteiger partial charge in [-0.1, -0.05) is 0 Å². The first-order valence-electron chi connectivity index (χ1n) is 10.2. The van der Waals surface area contributed by atoms with Crippen molar-refractivity contribution in [2.75, 3.05) is 31.6 Å². The van der Waals surface area contributed by atoms with Gasteiger partial charge >= 0.3 is 0 Å². The van der Waals surface area contributed by atoms with E-state index in [0.717, 1.165) is 19.1 Å². The second-order valence-corrected chi connectivity index (χ2v) is 7.71. The van der Waals surface area contributed by atoms with Gasteiger partial charge in [0.1, 0.15) is 29.3 Å². The molecular formula is C21H26FN5O3. The number of rotatable bonds is 7. The van der Waals surface area contributed by atoms with Crippen LogP contribution < -0.4 is 15.6 Å². The van der Waals surface area contributed by atoms with Crippen LogP contribution in [0.15, 0.2) is 29.1 Å². The lowest BCUT2D eigenvalue weighted by molar-refractivity contribution is -0.00742. The summed E-state index contributed by atoms with van der Waals surface area (Å²) in [6, 6.07) is 6.05. The van der Waals surface area contributed by atoms with E-state index in [9.17, 15) is 9.18 Å². The van der Waals surface area contributed by atoms with Crippen molar-refractivity contribution in [3.63, 3.8) is 0 Å². The van der Waals surface area contributed by atoms with Crippen molar-refractivity contribution < 1.29 is 13.9 Å². The van der Waals surface area contributed by atoms with Crippen molar-refractivity contribution in [2.45, 2.75) is 38.0 Å². The molecule has 0 aliphatic carbocycles. The smallest absolute Gasteiger partial charge is 0.261 e. The van der Waals surface area contributed by atoms with Gasteiger partial charge in [0.2, 0.25) is 0 Å². The maximum absolute atomic E-state index is 13.0. The third kappa shape index (κ3) is 4.52. The summed E-state index contributed by atoms with van der Waals surface area (Å²) in [5, 5.41) is 10.9. The molecule has 0 spiro atoms. The number of anilines is 1. The van der Waals surface area contributed by atoms with Crippen molar-refractivity contribution in [2.24, 2.45) is 0 Å². The number of hydrogen-bond donors (Lipinski definition) is 3. The molecule has 0 bridgehead atoms. The van der Waals surface area contributed by atoms with E-state index in [-0.39, 0.29) is 35.1 Å². The number of likely N-dealkylation sites (tertiary alicyclic amines) is 1. The van der Waals surface area contributed by atoms with Crippen LogP contribution in [0.4, 0.5) is 10.2 Å². The summed E-state index contributed by atoms with van der Waals surface area (Å²) in [5.41, 5.74) is -0.0883. The molecule has 0 amide bonds. The van der Waals surface area contributed by atoms with Crippen LogP contribution in [0.25, 0.3) is 0 Å². The van der Waals surface area contributed by atoms with E-state index in [4.69, 9.17) is 14.9 Å². The average Bonchev–Trinajstić information content (AvgIpc) is 2.72. The lowest BCUT2D eigenvalue weighted by Gasteiger charge is -2.42. The van der Waals surface area contributed by atoms with Crippen molar-refractivity contribution in [3.05, 3.63) is 51.8 Å². The Morgan fingerprint density at radius 2 is 2.03 bits per heavy atom. The van der Waals surface area contributed by atoms with Gasteiger partial charge in [-0.25, -0.2) is 9.37 Å². The van der Waals surface area contributed by atoms with Crippen molar-refractivity contribution in [1.29, 1.82) is 5.41 Å². The Labute approximate surface area is 173 Å². The first-order valence-corrected chi connectivity index (χ1v) is 10.2. The van der Waals surface area contributed by atoms with Crippen molar-refractivity contribution >= 4 is 12.0 Å². The number of benzene rings is 1. The summed E-state index contributed by atoms with van der Waals surface area (Å²) < 4.78 is 24.3. The van der Waals surface area contributed by atoms with Gasteiger partial charge in [-0.2, -0.15) is 0 Å². The van der Waals surface area contributed by atoms with Gasteiger partial charge in [-0.15, -0.1) is 0 Å². The summed E-state index contributed by atoms with van der Waals surface area (Å²) in [5.74, 6) is 1.35. The molecule has 2 aliphatic rings. The summed E-state index contributed by atoms with van der Waals surface area (Å²) in [6.45, 7) is 4.68. The Morgan fingerprint density at radius 1 is 1.33 bits per heavy atom. The predicted molar refractivity (Wildman–Crippen MR) is 111 cm³/mol. The zero-order chi connectivity index (χ0) is 21.1. The van der Waals surface area contributed by atoms with E-state index >= 15 is 0 Å². The van der Waals surface area contributed by atoms with Crippen LogP contribution in [0.2, 0.25) is 0 Å². The third-order valence-electron chi connectivity index (χ3n) is 5.62. The molecule has 1 atom stereocenters. The fraction of sp³-hybridized carbons (Fsp3) is 0.476. The van der Waals surface area contributed by atoms with Crippen LogP contribution in [0.3, 0.4) is 0 Å². The minimum atomic E-state index is -0.323. The SMILES string of the molecule is C[C@H](c1nc(NC2CCOCC2)c(C=N)c(=O)[nH]1)N1CC(Oc2ccc(F)cc2)C1. The minimum absolute atomic E-state index is 0.00492. The van der Waals surface area contributed by atoms with E-state index < -0.39 is 0 Å². The molecule has 0 unspecified atom stereocenters. The number of ether oxygens (including phenoxy) is 2. The standard InChI is InChI=1S/C21H26FN5O3/c1-13(27-11-17(12-27)30-16-4-2-14(22)3-5-16)19-25-20(18(10-23)21(28)26-19)24-15-6-8-29-9-7-15/h2-5,10,13,15,17,23H,6-9,11-12H2,1H3,(H2,24,25,26,28)/t13-/m1/s1. The van der Waals surface area contributed by atoms with Crippen molar-refractivity contribution in [3.8, 4) is 5.75 Å². The van der Waals surface area contributed by atoms with Crippen LogP contribution in [0.1, 0.15) is 37.2 Å². The summed E-state index contributed by atoms with van der Waals surface area (Å²) in [4.78, 5) is 22.1. The maximum atomic E-state index is 13.0. The van der Waals surface area contributed by atoms with Crippen LogP contribution in [0, 0.1) is 11.2 Å². The van der Waals surface area contributed by atoms with Gasteiger partial charge in [-0.05, 0) is 44.0 Å². The Kier molecular flexibility index (Phi) is 6.10. The van der Waals surface area contributed by atoms with Crippen LogP contribution in [-0.2, 0) is 4.74 Å². The minimum Gasteiger partial charge on any atom is -0.488 e. The molecule has 160 valence electrons. The molecule has 30 heavy (non-hydrogen) atoms. The first-order chi connectivity index (χ1) is 14.5. The third-order valence-corrected chi connectivity index (χ3v) is 5.62. The normalized spacial score (nSPS) is 19.1. The van der Waals surface area contributed by atoms with Gasteiger partial charge in [0.15, 0.2) is 0 Å². The van der Waals surface area contributed by atoms with Crippen LogP contribution >= 0.6 is 0 Å². The number of hydrogen-bond acceptors (Lipinski definition) is 7. The van der Waals surface area contributed by atoms with Crippen molar-refractivity contribution in [1.82, 2.24) is 14.9 Å². The number of aromatic amines is 1. The van der Waals surface area contributed by atoms with Gasteiger partial charge in [0.05, 0.1) is 11.6 Å². The molecule has 3 N–H and O–H groups in total. The summed E-state index contributed by atoms with van der Waals surface area (Å²) in [6.07, 6.45) is 2.72. The maximum Gasteiger partial charge on any atom is 0.261 e. The van der Waals surface area contributed by atoms with Gasteiger partial charge in [0, 0.05) is 38.6 Å². The van der Waals surface area contributed by atoms with Crippen LogP contribution in [-0.4, -0.2) is 59.5 Å². The second kappa shape index (κ2) is 8.93. The molecule has 4 rings (SSSR count). The highest BCUT2D eigenvalue weighted by Gasteiger charge is 2.34. The van der Waals surface area contributed by atoms with E-state index in [0.29, 0.717) is 43.7 Å². The van der Waals surface area contributed by atoms with Gasteiger partial charge < -0.3 is 25.2 Å².